The molecule has 0 atom stereocenters. The molecule has 0 aliphatic heterocycles. The summed E-state index contributed by atoms with van der Waals surface area (Å²) in [4.78, 5) is 24.8. The summed E-state index contributed by atoms with van der Waals surface area (Å²) in [6, 6.07) is 5.17. The second-order valence-electron chi connectivity index (χ2n) is 4.12. The smallest absolute Gasteiger partial charge is 0.255 e. The molecular weight excluding hydrogens is 364 g/mol. The van der Waals surface area contributed by atoms with E-state index < -0.39 is 5.91 Å². The van der Waals surface area contributed by atoms with Gasteiger partial charge in [0.2, 0.25) is 5.91 Å². The first-order valence-electron chi connectivity index (χ1n) is 5.37. The number of carbonyl (C=O) groups is 2. The van der Waals surface area contributed by atoms with Crippen LogP contribution < -0.4 is 5.73 Å². The van der Waals surface area contributed by atoms with Gasteiger partial charge in [-0.2, -0.15) is 0 Å². The minimum Gasteiger partial charge on any atom is -0.368 e. The Morgan fingerprint density at radius 2 is 1.94 bits per heavy atom. The highest BCUT2D eigenvalue weighted by Crippen LogP contribution is 2.23. The maximum absolute atomic E-state index is 12.3. The SMILES string of the molecule is CC(C)N(CC(N)=O)C(=O)c1ccc(Br)cc1Br. The monoisotopic (exact) mass is 376 g/mol. The fourth-order valence-electron chi connectivity index (χ4n) is 1.47. The van der Waals surface area contributed by atoms with Crippen LogP contribution in [0.2, 0.25) is 0 Å². The van der Waals surface area contributed by atoms with Gasteiger partial charge in [-0.3, -0.25) is 9.59 Å². The molecule has 0 fully saturated rings. The summed E-state index contributed by atoms with van der Waals surface area (Å²) < 4.78 is 1.55. The highest BCUT2D eigenvalue weighted by Gasteiger charge is 2.22. The van der Waals surface area contributed by atoms with Crippen molar-refractivity contribution in [3.63, 3.8) is 0 Å². The zero-order valence-corrected chi connectivity index (χ0v) is 13.3. The summed E-state index contributed by atoms with van der Waals surface area (Å²) in [5.74, 6) is -0.742. The number of halogens is 2. The van der Waals surface area contributed by atoms with Gasteiger partial charge in [0.25, 0.3) is 5.91 Å². The number of rotatable bonds is 4. The maximum atomic E-state index is 12.3. The maximum Gasteiger partial charge on any atom is 0.255 e. The highest BCUT2D eigenvalue weighted by molar-refractivity contribution is 9.11. The van der Waals surface area contributed by atoms with Crippen LogP contribution in [-0.4, -0.2) is 29.3 Å². The third kappa shape index (κ3) is 3.81. The number of amides is 2. The summed E-state index contributed by atoms with van der Waals surface area (Å²) in [5.41, 5.74) is 5.66. The number of nitrogens with two attached hydrogens (primary N) is 1. The van der Waals surface area contributed by atoms with Crippen LogP contribution in [0.4, 0.5) is 0 Å². The van der Waals surface area contributed by atoms with Gasteiger partial charge in [0, 0.05) is 15.0 Å². The van der Waals surface area contributed by atoms with E-state index in [9.17, 15) is 9.59 Å². The molecule has 98 valence electrons. The van der Waals surface area contributed by atoms with Crippen molar-refractivity contribution in [3.8, 4) is 0 Å². The molecule has 0 aliphatic rings. The minimum absolute atomic E-state index is 0.0843. The molecule has 1 rings (SSSR count). The van der Waals surface area contributed by atoms with Gasteiger partial charge >= 0.3 is 0 Å². The van der Waals surface area contributed by atoms with E-state index in [0.29, 0.717) is 10.0 Å². The summed E-state index contributed by atoms with van der Waals surface area (Å²) in [7, 11) is 0. The first-order valence-corrected chi connectivity index (χ1v) is 6.96. The van der Waals surface area contributed by atoms with E-state index in [1.165, 1.54) is 4.90 Å². The van der Waals surface area contributed by atoms with Gasteiger partial charge in [-0.1, -0.05) is 15.9 Å². The number of primary amides is 1. The number of nitrogens with zero attached hydrogens (tertiary/aromatic N) is 1. The number of benzene rings is 1. The van der Waals surface area contributed by atoms with Crippen molar-refractivity contribution in [1.82, 2.24) is 4.90 Å². The summed E-state index contributed by atoms with van der Waals surface area (Å²) in [5, 5.41) is 0. The summed E-state index contributed by atoms with van der Waals surface area (Å²) >= 11 is 6.66. The molecule has 0 heterocycles. The lowest BCUT2D eigenvalue weighted by molar-refractivity contribution is -0.119. The minimum atomic E-state index is -0.523. The van der Waals surface area contributed by atoms with Crippen molar-refractivity contribution < 1.29 is 9.59 Å². The molecule has 0 radical (unpaired) electrons. The van der Waals surface area contributed by atoms with Crippen LogP contribution in [0.3, 0.4) is 0 Å². The van der Waals surface area contributed by atoms with Crippen molar-refractivity contribution in [2.24, 2.45) is 5.73 Å². The molecule has 2 amide bonds. The van der Waals surface area contributed by atoms with Crippen LogP contribution in [0.5, 0.6) is 0 Å². The van der Waals surface area contributed by atoms with Gasteiger partial charge in [0.1, 0.15) is 0 Å². The van der Waals surface area contributed by atoms with Gasteiger partial charge in [-0.05, 0) is 48.0 Å². The Morgan fingerprint density at radius 3 is 2.39 bits per heavy atom. The predicted octanol–water partition coefficient (Wildman–Crippen LogP) is 2.55. The molecule has 0 saturated carbocycles. The van der Waals surface area contributed by atoms with Crippen LogP contribution in [0.25, 0.3) is 0 Å². The predicted molar refractivity (Wildman–Crippen MR) is 77.2 cm³/mol. The van der Waals surface area contributed by atoms with E-state index in [1.807, 2.05) is 13.8 Å². The standard InChI is InChI=1S/C12H14Br2N2O2/c1-7(2)16(6-11(15)17)12(18)9-4-3-8(13)5-10(9)14/h3-5,7H,6H2,1-2H3,(H2,15,17). The van der Waals surface area contributed by atoms with Gasteiger partial charge in [0.15, 0.2) is 0 Å². The van der Waals surface area contributed by atoms with E-state index in [-0.39, 0.29) is 18.5 Å². The molecule has 0 saturated heterocycles. The largest absolute Gasteiger partial charge is 0.368 e. The van der Waals surface area contributed by atoms with Gasteiger partial charge in [-0.25, -0.2) is 0 Å². The molecule has 0 bridgehead atoms. The van der Waals surface area contributed by atoms with Gasteiger partial charge in [0.05, 0.1) is 12.1 Å². The Labute approximate surface area is 123 Å². The molecule has 1 aromatic rings. The van der Waals surface area contributed by atoms with Gasteiger partial charge in [-0.15, -0.1) is 0 Å². The molecule has 0 aliphatic carbocycles. The van der Waals surface area contributed by atoms with E-state index in [4.69, 9.17) is 5.73 Å². The Kier molecular flexibility index (Phi) is 5.34. The molecule has 4 nitrogen and oxygen atoms in total. The lowest BCUT2D eigenvalue weighted by Crippen LogP contribution is -2.42. The third-order valence-electron chi connectivity index (χ3n) is 2.37. The van der Waals surface area contributed by atoms with E-state index in [2.05, 4.69) is 31.9 Å². The first-order chi connectivity index (χ1) is 8.32. The van der Waals surface area contributed by atoms with E-state index in [0.717, 1.165) is 4.47 Å². The average molecular weight is 378 g/mol. The van der Waals surface area contributed by atoms with Crippen molar-refractivity contribution in [2.75, 3.05) is 6.54 Å². The molecule has 6 heteroatoms. The Bertz CT molecular complexity index is 475. The Balaban J connectivity index is 3.05. The fourth-order valence-corrected chi connectivity index (χ4v) is 2.69. The lowest BCUT2D eigenvalue weighted by Gasteiger charge is -2.25. The van der Waals surface area contributed by atoms with E-state index >= 15 is 0 Å². The fraction of sp³-hybridized carbons (Fsp3) is 0.333. The van der Waals surface area contributed by atoms with Crippen molar-refractivity contribution in [3.05, 3.63) is 32.7 Å². The summed E-state index contributed by atoms with van der Waals surface area (Å²) in [6.07, 6.45) is 0. The zero-order chi connectivity index (χ0) is 13.9. The van der Waals surface area contributed by atoms with Crippen molar-refractivity contribution >= 4 is 43.7 Å². The second kappa shape index (κ2) is 6.33. The first kappa shape index (κ1) is 15.2. The molecule has 1 aromatic carbocycles. The molecular formula is C12H14Br2N2O2. The van der Waals surface area contributed by atoms with Crippen LogP contribution in [0.1, 0.15) is 24.2 Å². The lowest BCUT2D eigenvalue weighted by atomic mass is 10.1. The van der Waals surface area contributed by atoms with Crippen LogP contribution in [0, 0.1) is 0 Å². The number of hydrogen-bond acceptors (Lipinski definition) is 2. The zero-order valence-electron chi connectivity index (χ0n) is 10.1. The molecule has 0 aromatic heterocycles. The second-order valence-corrected chi connectivity index (χ2v) is 5.89. The molecule has 18 heavy (non-hydrogen) atoms. The van der Waals surface area contributed by atoms with E-state index in [1.54, 1.807) is 18.2 Å². The highest BCUT2D eigenvalue weighted by atomic mass is 79.9. The Hall–Kier alpha value is -0.880. The van der Waals surface area contributed by atoms with Crippen molar-refractivity contribution in [2.45, 2.75) is 19.9 Å². The van der Waals surface area contributed by atoms with Gasteiger partial charge < -0.3 is 10.6 Å². The quantitative estimate of drug-likeness (QED) is 0.876. The molecule has 0 unspecified atom stereocenters. The third-order valence-corrected chi connectivity index (χ3v) is 3.52. The number of carbonyl (C=O) groups excluding carboxylic acids is 2. The van der Waals surface area contributed by atoms with Crippen LogP contribution in [-0.2, 0) is 4.79 Å². The topological polar surface area (TPSA) is 63.4 Å². The molecule has 2 N–H and O–H groups in total. The normalized spacial score (nSPS) is 10.5. The average Bonchev–Trinajstić information content (AvgIpc) is 2.24. The Morgan fingerprint density at radius 1 is 1.33 bits per heavy atom. The summed E-state index contributed by atoms with van der Waals surface area (Å²) in [6.45, 7) is 3.60. The number of hydrogen-bond donors (Lipinski definition) is 1. The van der Waals surface area contributed by atoms with Crippen LogP contribution in [0.15, 0.2) is 27.1 Å². The van der Waals surface area contributed by atoms with Crippen LogP contribution >= 0.6 is 31.9 Å². The van der Waals surface area contributed by atoms with Crippen molar-refractivity contribution in [1.29, 1.82) is 0 Å². The molecule has 0 spiro atoms.